The lowest BCUT2D eigenvalue weighted by molar-refractivity contribution is -0.302. The normalized spacial score (nSPS) is 58.1. The molecule has 15 atom stereocenters. The Morgan fingerprint density at radius 3 is 2.20 bits per heavy atom. The Morgan fingerprint density at radius 2 is 1.55 bits per heavy atom. The molecule has 0 aromatic rings. The van der Waals surface area contributed by atoms with Crippen LogP contribution in [0.2, 0.25) is 0 Å². The molecular weight excluding hydrogens is 564 g/mol. The van der Waals surface area contributed by atoms with Crippen molar-refractivity contribution in [2.24, 2.45) is 44.8 Å². The molecule has 0 radical (unpaired) electrons. The number of rotatable bonds is 4. The van der Waals surface area contributed by atoms with Gasteiger partial charge in [0.25, 0.3) is 0 Å². The van der Waals surface area contributed by atoms with Crippen LogP contribution in [0.5, 0.6) is 0 Å². The number of ether oxygens (including phenoxy) is 3. The first-order valence-electron chi connectivity index (χ1n) is 17.2. The minimum absolute atomic E-state index is 0.0455. The highest BCUT2D eigenvalue weighted by Crippen LogP contribution is 2.88. The number of aliphatic hydroxyl groups is 5. The summed E-state index contributed by atoms with van der Waals surface area (Å²) < 4.78 is 18.7. The summed E-state index contributed by atoms with van der Waals surface area (Å²) >= 11 is 0. The Balaban J connectivity index is 1.16. The van der Waals surface area contributed by atoms with E-state index in [-0.39, 0.29) is 52.2 Å². The van der Waals surface area contributed by atoms with Gasteiger partial charge in [0, 0.05) is 17.8 Å². The summed E-state index contributed by atoms with van der Waals surface area (Å²) in [6.07, 6.45) is 1.45. The van der Waals surface area contributed by atoms with Crippen molar-refractivity contribution in [3.63, 3.8) is 0 Å². The van der Waals surface area contributed by atoms with E-state index in [1.807, 2.05) is 0 Å². The van der Waals surface area contributed by atoms with Gasteiger partial charge in [0.2, 0.25) is 0 Å². The van der Waals surface area contributed by atoms with Gasteiger partial charge in [0.1, 0.15) is 24.1 Å². The van der Waals surface area contributed by atoms with Crippen LogP contribution in [0.1, 0.15) is 106 Å². The first-order valence-corrected chi connectivity index (χ1v) is 17.2. The Bertz CT molecular complexity index is 1200. The number of ketones is 1. The van der Waals surface area contributed by atoms with E-state index in [0.717, 1.165) is 38.5 Å². The van der Waals surface area contributed by atoms with Crippen LogP contribution >= 0.6 is 0 Å². The molecular formula is C35H56O9. The smallest absolute Gasteiger partial charge is 0.186 e. The third kappa shape index (κ3) is 3.84. The molecule has 5 aliphatic carbocycles. The van der Waals surface area contributed by atoms with Gasteiger partial charge in [0.05, 0.1) is 36.1 Å². The van der Waals surface area contributed by atoms with E-state index in [1.54, 1.807) is 13.8 Å². The number of carbonyl (C=O) groups is 1. The van der Waals surface area contributed by atoms with E-state index in [0.29, 0.717) is 31.1 Å². The first kappa shape index (κ1) is 31.9. The predicted molar refractivity (Wildman–Crippen MR) is 160 cm³/mol. The number of hydrogen-bond acceptors (Lipinski definition) is 9. The molecule has 250 valence electrons. The van der Waals surface area contributed by atoms with Gasteiger partial charge in [-0.05, 0) is 106 Å². The number of hydrogen-bond donors (Lipinski definition) is 5. The summed E-state index contributed by atoms with van der Waals surface area (Å²) in [7, 11) is 0. The SMILES string of the molecule is CC(C)(O)C1CC[C@@](C)([C@H]2C(O)C[C@@]3(C)[C@@H]4CC[C@H]5C(C)(C)[C@@H](O[C@@H]6OC[C@@H](O)[C@H](O)[C@H]6O)CC[C@@]56C[C@@]46CC(=O)[C@]23C)O1. The van der Waals surface area contributed by atoms with Gasteiger partial charge < -0.3 is 39.7 Å². The minimum atomic E-state index is -1.31. The quantitative estimate of drug-likeness (QED) is 0.299. The van der Waals surface area contributed by atoms with E-state index < -0.39 is 47.3 Å². The third-order valence-electron chi connectivity index (χ3n) is 15.3. The highest BCUT2D eigenvalue weighted by Gasteiger charge is 2.85. The Morgan fingerprint density at radius 1 is 0.864 bits per heavy atom. The van der Waals surface area contributed by atoms with Crippen molar-refractivity contribution in [2.45, 2.75) is 160 Å². The molecule has 7 aliphatic rings. The molecule has 2 aliphatic heterocycles. The standard InChI is InChI=1S/C35H56O9/c1-29(2)20-8-9-21-31(5)14-18(36)27(32(6)12-10-24(44-32)30(3,4)41)33(31,7)22(38)15-35(21)17-34(20,35)13-11-23(29)43-28-26(40)25(39)19(37)16-42-28/h18-21,23-28,36-37,39-41H,8-17H2,1-7H3/t18?,19-,20+,21+,23+,24?,25+,26-,27-,28+,31+,32+,33-,34-,35+/m1/s1. The van der Waals surface area contributed by atoms with Gasteiger partial charge in [-0.15, -0.1) is 0 Å². The highest BCUT2D eigenvalue weighted by atomic mass is 16.7. The number of fused-ring (bicyclic) bond motifs is 2. The van der Waals surface area contributed by atoms with Gasteiger partial charge >= 0.3 is 0 Å². The van der Waals surface area contributed by atoms with Gasteiger partial charge in [-0.2, -0.15) is 0 Å². The van der Waals surface area contributed by atoms with Crippen LogP contribution in [0.3, 0.4) is 0 Å². The maximum absolute atomic E-state index is 14.7. The molecule has 0 bridgehead atoms. The predicted octanol–water partition coefficient (Wildman–Crippen LogP) is 3.11. The summed E-state index contributed by atoms with van der Waals surface area (Å²) in [5, 5.41) is 53.3. The molecule has 2 saturated heterocycles. The molecule has 7 rings (SSSR count). The second-order valence-electron chi connectivity index (χ2n) is 18.0. The second kappa shape index (κ2) is 9.49. The number of carbonyl (C=O) groups excluding carboxylic acids is 1. The lowest BCUT2D eigenvalue weighted by atomic mass is 9.41. The van der Waals surface area contributed by atoms with Gasteiger partial charge in [-0.1, -0.05) is 27.7 Å². The molecule has 2 unspecified atom stereocenters. The van der Waals surface area contributed by atoms with E-state index in [9.17, 15) is 30.3 Å². The van der Waals surface area contributed by atoms with Crippen LogP contribution in [0, 0.1) is 44.8 Å². The average molecular weight is 621 g/mol. The lowest BCUT2D eigenvalue weighted by Crippen LogP contribution is -2.63. The van der Waals surface area contributed by atoms with Gasteiger partial charge in [-0.25, -0.2) is 0 Å². The van der Waals surface area contributed by atoms with Crippen molar-refractivity contribution in [1.29, 1.82) is 0 Å². The monoisotopic (exact) mass is 620 g/mol. The topological polar surface area (TPSA) is 146 Å². The summed E-state index contributed by atoms with van der Waals surface area (Å²) in [5.74, 6) is 0.625. The van der Waals surface area contributed by atoms with Crippen molar-refractivity contribution >= 4 is 5.78 Å². The highest BCUT2D eigenvalue weighted by molar-refractivity contribution is 5.89. The molecule has 5 N–H and O–H groups in total. The van der Waals surface area contributed by atoms with E-state index in [1.165, 1.54) is 0 Å². The molecule has 7 fully saturated rings. The maximum atomic E-state index is 14.7. The minimum Gasteiger partial charge on any atom is -0.393 e. The fraction of sp³-hybridized carbons (Fsp3) is 0.971. The van der Waals surface area contributed by atoms with Crippen LogP contribution in [0.15, 0.2) is 0 Å². The molecule has 9 nitrogen and oxygen atoms in total. The molecule has 9 heteroatoms. The van der Waals surface area contributed by atoms with Crippen molar-refractivity contribution in [2.75, 3.05) is 6.61 Å². The van der Waals surface area contributed by atoms with Crippen LogP contribution in [0.25, 0.3) is 0 Å². The van der Waals surface area contributed by atoms with Crippen LogP contribution < -0.4 is 0 Å². The Labute approximate surface area is 262 Å². The van der Waals surface area contributed by atoms with E-state index in [2.05, 4.69) is 34.6 Å². The van der Waals surface area contributed by atoms with Crippen molar-refractivity contribution < 1.29 is 44.5 Å². The van der Waals surface area contributed by atoms with Crippen molar-refractivity contribution in [3.05, 3.63) is 0 Å². The maximum Gasteiger partial charge on any atom is 0.186 e. The zero-order valence-corrected chi connectivity index (χ0v) is 27.7. The zero-order valence-electron chi connectivity index (χ0n) is 27.7. The summed E-state index contributed by atoms with van der Waals surface area (Å²) in [6, 6.07) is 0. The Hall–Kier alpha value is -0.650. The second-order valence-corrected chi connectivity index (χ2v) is 18.0. The summed E-state index contributed by atoms with van der Waals surface area (Å²) in [5.41, 5.74) is -3.00. The number of aliphatic hydroxyl groups excluding tert-OH is 4. The van der Waals surface area contributed by atoms with Gasteiger partial charge in [0.15, 0.2) is 6.29 Å². The molecule has 2 heterocycles. The summed E-state index contributed by atoms with van der Waals surface area (Å²) in [4.78, 5) is 14.7. The fourth-order valence-corrected chi connectivity index (χ4v) is 13.1. The third-order valence-corrected chi connectivity index (χ3v) is 15.3. The van der Waals surface area contributed by atoms with Crippen molar-refractivity contribution in [1.82, 2.24) is 0 Å². The largest absolute Gasteiger partial charge is 0.393 e. The zero-order chi connectivity index (χ0) is 32.0. The molecule has 0 aromatic carbocycles. The van der Waals surface area contributed by atoms with Crippen molar-refractivity contribution in [3.8, 4) is 0 Å². The molecule has 5 saturated carbocycles. The average Bonchev–Trinajstić information content (AvgIpc) is 3.28. The van der Waals surface area contributed by atoms with Crippen LogP contribution in [0.4, 0.5) is 0 Å². The summed E-state index contributed by atoms with van der Waals surface area (Å²) in [6.45, 7) is 14.5. The van der Waals surface area contributed by atoms with Gasteiger partial charge in [-0.3, -0.25) is 4.79 Å². The molecule has 0 amide bonds. The number of Topliss-reactive ketones (excluding diaryl/α,β-unsaturated/α-hetero) is 1. The first-order chi connectivity index (χ1) is 20.3. The van der Waals surface area contributed by atoms with Crippen LogP contribution in [-0.4, -0.2) is 92.0 Å². The molecule has 44 heavy (non-hydrogen) atoms. The van der Waals surface area contributed by atoms with Crippen LogP contribution in [-0.2, 0) is 19.0 Å². The van der Waals surface area contributed by atoms with E-state index in [4.69, 9.17) is 14.2 Å². The molecule has 2 spiro atoms. The lowest BCUT2D eigenvalue weighted by Gasteiger charge is -2.63. The Kier molecular flexibility index (Phi) is 6.89. The fourth-order valence-electron chi connectivity index (χ4n) is 13.1. The molecule has 0 aromatic heterocycles. The van der Waals surface area contributed by atoms with E-state index >= 15 is 0 Å².